The number of hydrogen-bond donors (Lipinski definition) is 1. The summed E-state index contributed by atoms with van der Waals surface area (Å²) in [7, 11) is 0. The van der Waals surface area contributed by atoms with Crippen molar-refractivity contribution in [2.75, 3.05) is 5.32 Å². The summed E-state index contributed by atoms with van der Waals surface area (Å²) in [4.78, 5) is 42.8. The van der Waals surface area contributed by atoms with Crippen molar-refractivity contribution in [1.29, 1.82) is 0 Å². The molecule has 0 aliphatic heterocycles. The largest absolute Gasteiger partial charge is 0.449 e. The van der Waals surface area contributed by atoms with E-state index in [-0.39, 0.29) is 11.4 Å². The van der Waals surface area contributed by atoms with Gasteiger partial charge < -0.3 is 10.1 Å². The van der Waals surface area contributed by atoms with Gasteiger partial charge in [-0.1, -0.05) is 36.4 Å². The molecular formula is C27H21N3O5S. The summed E-state index contributed by atoms with van der Waals surface area (Å²) in [5.41, 5.74) is 3.48. The van der Waals surface area contributed by atoms with Crippen LogP contribution in [0.3, 0.4) is 0 Å². The Labute approximate surface area is 210 Å². The van der Waals surface area contributed by atoms with E-state index in [0.29, 0.717) is 22.9 Å². The number of esters is 1. The Bertz CT molecular complexity index is 1530. The molecule has 0 saturated carbocycles. The standard InChI is InChI=1S/C27H21N3O5S/c1-16(26(31)29-22-10-4-5-11-23(22)30(33)34)35-27(32)24-19-8-2-3-9-21(19)28-25-17(12-13-20(24)25)15-18-7-6-14-36-18/h2-11,14-16H,12-13H2,1H3,(H,29,31). The molecule has 180 valence electrons. The van der Waals surface area contributed by atoms with Crippen LogP contribution in [0, 0.1) is 10.1 Å². The third kappa shape index (κ3) is 4.48. The second kappa shape index (κ2) is 9.71. The fourth-order valence-corrected chi connectivity index (χ4v) is 4.98. The van der Waals surface area contributed by atoms with Gasteiger partial charge in [0.05, 0.1) is 21.7 Å². The number of thiophene rings is 1. The van der Waals surface area contributed by atoms with Crippen LogP contribution in [-0.2, 0) is 16.0 Å². The molecule has 2 aromatic carbocycles. The Morgan fingerprint density at radius 1 is 1.11 bits per heavy atom. The molecule has 36 heavy (non-hydrogen) atoms. The van der Waals surface area contributed by atoms with Crippen molar-refractivity contribution in [3.05, 3.63) is 97.9 Å². The number of para-hydroxylation sites is 3. The second-order valence-corrected chi connectivity index (χ2v) is 9.31. The number of carbonyl (C=O) groups excluding carboxylic acids is 2. The molecule has 1 atom stereocenters. The number of anilines is 1. The molecule has 8 nitrogen and oxygen atoms in total. The number of hydrogen-bond acceptors (Lipinski definition) is 7. The van der Waals surface area contributed by atoms with Crippen LogP contribution in [0.25, 0.3) is 22.6 Å². The van der Waals surface area contributed by atoms with Crippen LogP contribution in [-0.4, -0.2) is 27.9 Å². The first-order valence-electron chi connectivity index (χ1n) is 11.3. The van der Waals surface area contributed by atoms with Crippen LogP contribution in [0.15, 0.2) is 66.0 Å². The zero-order valence-corrected chi connectivity index (χ0v) is 20.1. The van der Waals surface area contributed by atoms with Gasteiger partial charge in [-0.15, -0.1) is 11.3 Å². The number of carbonyl (C=O) groups is 2. The van der Waals surface area contributed by atoms with Gasteiger partial charge >= 0.3 is 5.97 Å². The van der Waals surface area contributed by atoms with Gasteiger partial charge in [0.15, 0.2) is 6.10 Å². The molecule has 9 heteroatoms. The van der Waals surface area contributed by atoms with Gasteiger partial charge in [-0.05, 0) is 60.6 Å². The van der Waals surface area contributed by atoms with Crippen LogP contribution in [0.4, 0.5) is 11.4 Å². The minimum Gasteiger partial charge on any atom is -0.449 e. The van der Waals surface area contributed by atoms with Crippen molar-refractivity contribution in [2.45, 2.75) is 25.9 Å². The highest BCUT2D eigenvalue weighted by molar-refractivity contribution is 7.10. The predicted molar refractivity (Wildman–Crippen MR) is 139 cm³/mol. The lowest BCUT2D eigenvalue weighted by Gasteiger charge is -2.16. The number of nitrogens with one attached hydrogen (secondary N) is 1. The highest BCUT2D eigenvalue weighted by atomic mass is 32.1. The van der Waals surface area contributed by atoms with E-state index in [1.54, 1.807) is 17.4 Å². The molecule has 1 aliphatic rings. The number of pyridine rings is 1. The van der Waals surface area contributed by atoms with E-state index in [9.17, 15) is 19.7 Å². The fraction of sp³-hybridized carbons (Fsp3) is 0.148. The summed E-state index contributed by atoms with van der Waals surface area (Å²) >= 11 is 1.63. The summed E-state index contributed by atoms with van der Waals surface area (Å²) in [5, 5.41) is 16.4. The number of aromatic nitrogens is 1. The minimum absolute atomic E-state index is 0.0361. The first-order valence-corrected chi connectivity index (χ1v) is 12.2. The van der Waals surface area contributed by atoms with Gasteiger partial charge in [0.25, 0.3) is 11.6 Å². The molecule has 0 saturated heterocycles. The van der Waals surface area contributed by atoms with E-state index in [1.165, 1.54) is 25.1 Å². The lowest BCUT2D eigenvalue weighted by Crippen LogP contribution is -2.30. The van der Waals surface area contributed by atoms with Crippen LogP contribution >= 0.6 is 11.3 Å². The molecule has 1 aliphatic carbocycles. The molecule has 0 radical (unpaired) electrons. The van der Waals surface area contributed by atoms with Crippen LogP contribution < -0.4 is 5.32 Å². The molecule has 0 bridgehead atoms. The molecule has 1 amide bonds. The van der Waals surface area contributed by atoms with Crippen LogP contribution in [0.1, 0.15) is 39.8 Å². The van der Waals surface area contributed by atoms with E-state index in [2.05, 4.69) is 11.4 Å². The zero-order valence-electron chi connectivity index (χ0n) is 19.3. The van der Waals surface area contributed by atoms with E-state index in [1.807, 2.05) is 41.8 Å². The Hall–Kier alpha value is -4.37. The number of allylic oxidation sites excluding steroid dienone is 1. The maximum absolute atomic E-state index is 13.4. The monoisotopic (exact) mass is 499 g/mol. The number of fused-ring (bicyclic) bond motifs is 2. The van der Waals surface area contributed by atoms with Crippen molar-refractivity contribution in [3.8, 4) is 0 Å². The summed E-state index contributed by atoms with van der Waals surface area (Å²) in [6, 6.07) is 17.2. The average molecular weight is 500 g/mol. The number of rotatable bonds is 6. The van der Waals surface area contributed by atoms with Gasteiger partial charge in [-0.2, -0.15) is 0 Å². The molecule has 0 spiro atoms. The molecule has 0 fully saturated rings. The third-order valence-corrected chi connectivity index (χ3v) is 6.84. The molecule has 2 heterocycles. The van der Waals surface area contributed by atoms with E-state index < -0.39 is 22.9 Å². The van der Waals surface area contributed by atoms with Crippen molar-refractivity contribution < 1.29 is 19.2 Å². The normalized spacial score (nSPS) is 14.4. The zero-order chi connectivity index (χ0) is 25.2. The number of benzene rings is 2. The molecule has 2 aromatic heterocycles. The minimum atomic E-state index is -1.18. The smallest absolute Gasteiger partial charge is 0.339 e. The topological polar surface area (TPSA) is 111 Å². The van der Waals surface area contributed by atoms with Gasteiger partial charge in [-0.3, -0.25) is 14.9 Å². The summed E-state index contributed by atoms with van der Waals surface area (Å²) in [6.45, 7) is 1.44. The fourth-order valence-electron chi connectivity index (χ4n) is 4.30. The van der Waals surface area contributed by atoms with Gasteiger partial charge in [0.2, 0.25) is 0 Å². The Balaban J connectivity index is 1.45. The maximum atomic E-state index is 13.4. The van der Waals surface area contributed by atoms with Gasteiger partial charge in [-0.25, -0.2) is 9.78 Å². The number of nitro benzene ring substituents is 1. The highest BCUT2D eigenvalue weighted by Gasteiger charge is 2.30. The predicted octanol–water partition coefficient (Wildman–Crippen LogP) is 5.88. The molecule has 1 unspecified atom stereocenters. The number of nitrogens with zero attached hydrogens (tertiary/aromatic N) is 2. The van der Waals surface area contributed by atoms with Crippen molar-refractivity contribution >= 4 is 57.1 Å². The molecular weight excluding hydrogens is 478 g/mol. The lowest BCUT2D eigenvalue weighted by atomic mass is 10.0. The summed E-state index contributed by atoms with van der Waals surface area (Å²) in [6.07, 6.45) is 2.29. The highest BCUT2D eigenvalue weighted by Crippen LogP contribution is 2.38. The van der Waals surface area contributed by atoms with Crippen molar-refractivity contribution in [1.82, 2.24) is 4.98 Å². The van der Waals surface area contributed by atoms with Crippen molar-refractivity contribution in [2.24, 2.45) is 0 Å². The molecule has 5 rings (SSSR count). The number of nitro groups is 1. The Morgan fingerprint density at radius 3 is 2.67 bits per heavy atom. The lowest BCUT2D eigenvalue weighted by molar-refractivity contribution is -0.383. The molecule has 1 N–H and O–H groups in total. The summed E-state index contributed by atoms with van der Waals surface area (Å²) in [5.74, 6) is -1.29. The first-order chi connectivity index (χ1) is 17.4. The van der Waals surface area contributed by atoms with E-state index in [0.717, 1.165) is 28.1 Å². The molecule has 4 aromatic rings. The quantitative estimate of drug-likeness (QED) is 0.202. The van der Waals surface area contributed by atoms with Crippen LogP contribution in [0.5, 0.6) is 0 Å². The SMILES string of the molecule is CC(OC(=O)c1c2c(nc3ccccc13)C(=Cc1cccs1)CC2)C(=O)Nc1ccccc1[N+](=O)[O-]. The van der Waals surface area contributed by atoms with E-state index in [4.69, 9.17) is 9.72 Å². The Morgan fingerprint density at radius 2 is 1.89 bits per heavy atom. The number of ether oxygens (including phenoxy) is 1. The van der Waals surface area contributed by atoms with Gasteiger partial charge in [0, 0.05) is 16.3 Å². The number of amides is 1. The average Bonchev–Trinajstić information content (AvgIpc) is 3.53. The first kappa shape index (κ1) is 23.4. The van der Waals surface area contributed by atoms with Crippen LogP contribution in [0.2, 0.25) is 0 Å². The Kier molecular flexibility index (Phi) is 6.30. The van der Waals surface area contributed by atoms with E-state index >= 15 is 0 Å². The third-order valence-electron chi connectivity index (χ3n) is 6.02. The van der Waals surface area contributed by atoms with Crippen molar-refractivity contribution in [3.63, 3.8) is 0 Å². The summed E-state index contributed by atoms with van der Waals surface area (Å²) < 4.78 is 5.58. The second-order valence-electron chi connectivity index (χ2n) is 8.33. The van der Waals surface area contributed by atoms with Gasteiger partial charge in [0.1, 0.15) is 5.69 Å². The maximum Gasteiger partial charge on any atom is 0.339 e.